The van der Waals surface area contributed by atoms with Crippen LogP contribution >= 0.6 is 11.8 Å². The predicted octanol–water partition coefficient (Wildman–Crippen LogP) is 4.32. The third-order valence-corrected chi connectivity index (χ3v) is 5.31. The van der Waals surface area contributed by atoms with Crippen LogP contribution in [0.2, 0.25) is 0 Å². The second-order valence-corrected chi connectivity index (χ2v) is 7.33. The van der Waals surface area contributed by atoms with Crippen LogP contribution in [0.4, 0.5) is 0 Å². The number of hydrogen-bond acceptors (Lipinski definition) is 8. The van der Waals surface area contributed by atoms with Crippen molar-refractivity contribution in [3.63, 3.8) is 0 Å². The first-order valence-corrected chi connectivity index (χ1v) is 10.2. The van der Waals surface area contributed by atoms with E-state index < -0.39 is 0 Å². The highest BCUT2D eigenvalue weighted by molar-refractivity contribution is 7.98. The van der Waals surface area contributed by atoms with E-state index in [-0.39, 0.29) is 0 Å². The van der Waals surface area contributed by atoms with Gasteiger partial charge in [-0.3, -0.25) is 9.55 Å². The van der Waals surface area contributed by atoms with Gasteiger partial charge in [-0.05, 0) is 36.4 Å². The fourth-order valence-corrected chi connectivity index (χ4v) is 3.73. The Kier molecular flexibility index (Phi) is 5.09. The maximum absolute atomic E-state index is 5.53. The Morgan fingerprint density at radius 3 is 2.63 bits per heavy atom. The van der Waals surface area contributed by atoms with Crippen molar-refractivity contribution < 1.29 is 8.94 Å². The fraction of sp³-hybridized carbons (Fsp3) is 0.0952. The maximum Gasteiger partial charge on any atom is 0.257 e. The molecule has 4 aromatic heterocycles. The lowest BCUT2D eigenvalue weighted by molar-refractivity contribution is 0.425. The second-order valence-electron chi connectivity index (χ2n) is 6.38. The Morgan fingerprint density at radius 1 is 0.933 bits per heavy atom. The Labute approximate surface area is 176 Å². The summed E-state index contributed by atoms with van der Waals surface area (Å²) in [5.74, 6) is 3.13. The second kappa shape index (κ2) is 8.34. The molecule has 0 bridgehead atoms. The normalized spacial score (nSPS) is 11.1. The molecule has 0 aliphatic rings. The molecular weight excluding hydrogens is 400 g/mol. The monoisotopic (exact) mass is 416 g/mol. The highest BCUT2D eigenvalue weighted by Crippen LogP contribution is 2.27. The van der Waals surface area contributed by atoms with Gasteiger partial charge >= 0.3 is 0 Å². The van der Waals surface area contributed by atoms with Crippen LogP contribution in [-0.4, -0.2) is 29.9 Å². The number of furan rings is 1. The van der Waals surface area contributed by atoms with Crippen LogP contribution in [0.25, 0.3) is 22.8 Å². The van der Waals surface area contributed by atoms with Crippen molar-refractivity contribution in [1.82, 2.24) is 29.9 Å². The van der Waals surface area contributed by atoms with Gasteiger partial charge in [0.1, 0.15) is 5.76 Å². The molecule has 0 spiro atoms. The molecule has 0 amide bonds. The van der Waals surface area contributed by atoms with E-state index in [1.165, 1.54) is 11.8 Å². The van der Waals surface area contributed by atoms with Gasteiger partial charge in [0.15, 0.2) is 16.8 Å². The van der Waals surface area contributed by atoms with Crippen molar-refractivity contribution in [1.29, 1.82) is 0 Å². The molecule has 1 aromatic carbocycles. The van der Waals surface area contributed by atoms with Crippen molar-refractivity contribution in [3.8, 4) is 22.8 Å². The van der Waals surface area contributed by atoms with E-state index in [0.717, 1.165) is 27.9 Å². The standard InChI is InChI=1S/C21H16N6O2S/c1-2-6-15(7-3-1)20-23-18(26-29-20)14-30-21-25-24-19(16-8-4-10-22-12-16)27(21)13-17-9-5-11-28-17/h1-12H,13-14H2. The molecule has 0 unspecified atom stereocenters. The molecule has 0 aliphatic carbocycles. The molecule has 30 heavy (non-hydrogen) atoms. The maximum atomic E-state index is 5.53. The molecular formula is C21H16N6O2S. The van der Waals surface area contributed by atoms with E-state index in [9.17, 15) is 0 Å². The van der Waals surface area contributed by atoms with Gasteiger partial charge in [0.2, 0.25) is 0 Å². The lowest BCUT2D eigenvalue weighted by Gasteiger charge is -2.08. The predicted molar refractivity (Wildman–Crippen MR) is 110 cm³/mol. The molecule has 0 radical (unpaired) electrons. The van der Waals surface area contributed by atoms with E-state index in [1.54, 1.807) is 18.7 Å². The summed E-state index contributed by atoms with van der Waals surface area (Å²) in [5, 5.41) is 13.6. The number of nitrogens with zero attached hydrogens (tertiary/aromatic N) is 6. The van der Waals surface area contributed by atoms with E-state index >= 15 is 0 Å². The van der Waals surface area contributed by atoms with Crippen LogP contribution in [0.3, 0.4) is 0 Å². The minimum Gasteiger partial charge on any atom is -0.467 e. The summed E-state index contributed by atoms with van der Waals surface area (Å²) < 4.78 is 12.9. The minimum absolute atomic E-state index is 0.499. The first kappa shape index (κ1) is 18.3. The molecule has 9 heteroatoms. The first-order valence-electron chi connectivity index (χ1n) is 9.23. The number of benzene rings is 1. The average Bonchev–Trinajstić information content (AvgIpc) is 3.56. The number of rotatable bonds is 7. The van der Waals surface area contributed by atoms with Crippen LogP contribution in [0.5, 0.6) is 0 Å². The van der Waals surface area contributed by atoms with E-state index in [0.29, 0.717) is 24.0 Å². The summed E-state index contributed by atoms with van der Waals surface area (Å²) in [5.41, 5.74) is 1.77. The van der Waals surface area contributed by atoms with Crippen molar-refractivity contribution in [2.75, 3.05) is 0 Å². The lowest BCUT2D eigenvalue weighted by atomic mass is 10.2. The van der Waals surface area contributed by atoms with Crippen molar-refractivity contribution in [3.05, 3.63) is 84.8 Å². The van der Waals surface area contributed by atoms with Crippen molar-refractivity contribution >= 4 is 11.8 Å². The highest BCUT2D eigenvalue weighted by atomic mass is 32.2. The zero-order chi connectivity index (χ0) is 20.2. The van der Waals surface area contributed by atoms with Crippen LogP contribution in [0.15, 0.2) is 87.4 Å². The first-order chi connectivity index (χ1) is 14.9. The third-order valence-electron chi connectivity index (χ3n) is 4.35. The SMILES string of the molecule is c1ccc(-c2nc(CSc3nnc(-c4cccnc4)n3Cc3ccco3)no2)cc1. The van der Waals surface area contributed by atoms with Crippen LogP contribution < -0.4 is 0 Å². The summed E-state index contributed by atoms with van der Waals surface area (Å²) in [6, 6.07) is 17.3. The Balaban J connectivity index is 1.39. The fourth-order valence-electron chi connectivity index (χ4n) is 2.94. The molecule has 0 saturated carbocycles. The van der Waals surface area contributed by atoms with Gasteiger partial charge < -0.3 is 8.94 Å². The molecule has 0 aliphatic heterocycles. The van der Waals surface area contributed by atoms with Crippen molar-refractivity contribution in [2.45, 2.75) is 17.5 Å². The molecule has 5 aromatic rings. The van der Waals surface area contributed by atoms with Gasteiger partial charge in [0.25, 0.3) is 5.89 Å². The summed E-state index contributed by atoms with van der Waals surface area (Å²) in [7, 11) is 0. The van der Waals surface area contributed by atoms with Crippen LogP contribution in [0, 0.1) is 0 Å². The summed E-state index contributed by atoms with van der Waals surface area (Å²) >= 11 is 1.49. The average molecular weight is 416 g/mol. The number of thioether (sulfide) groups is 1. The molecule has 0 atom stereocenters. The van der Waals surface area contributed by atoms with Crippen LogP contribution in [-0.2, 0) is 12.3 Å². The minimum atomic E-state index is 0.499. The van der Waals surface area contributed by atoms with Gasteiger partial charge in [-0.15, -0.1) is 10.2 Å². The number of hydrogen-bond donors (Lipinski definition) is 0. The van der Waals surface area contributed by atoms with E-state index in [2.05, 4.69) is 25.3 Å². The molecule has 0 N–H and O–H groups in total. The van der Waals surface area contributed by atoms with E-state index in [1.807, 2.05) is 59.2 Å². The van der Waals surface area contributed by atoms with Gasteiger partial charge in [0.05, 0.1) is 18.6 Å². The lowest BCUT2D eigenvalue weighted by Crippen LogP contribution is -2.03. The summed E-state index contributed by atoms with van der Waals surface area (Å²) in [6.07, 6.45) is 5.15. The summed E-state index contributed by atoms with van der Waals surface area (Å²) in [4.78, 5) is 8.67. The topological polar surface area (TPSA) is 95.7 Å². The number of pyridine rings is 1. The molecule has 5 rings (SSSR count). The van der Waals surface area contributed by atoms with Gasteiger partial charge in [-0.1, -0.05) is 35.1 Å². The Hall–Kier alpha value is -3.72. The smallest absolute Gasteiger partial charge is 0.257 e. The zero-order valence-electron chi connectivity index (χ0n) is 15.8. The Morgan fingerprint density at radius 2 is 1.83 bits per heavy atom. The highest BCUT2D eigenvalue weighted by Gasteiger charge is 2.17. The largest absolute Gasteiger partial charge is 0.467 e. The zero-order valence-corrected chi connectivity index (χ0v) is 16.6. The van der Waals surface area contributed by atoms with Crippen LogP contribution in [0.1, 0.15) is 11.6 Å². The molecule has 4 heterocycles. The third kappa shape index (κ3) is 3.87. The van der Waals surface area contributed by atoms with Gasteiger partial charge in [-0.2, -0.15) is 4.98 Å². The van der Waals surface area contributed by atoms with Gasteiger partial charge in [-0.25, -0.2) is 0 Å². The Bertz CT molecular complexity index is 1220. The quantitative estimate of drug-likeness (QED) is 0.362. The molecule has 0 saturated heterocycles. The summed E-state index contributed by atoms with van der Waals surface area (Å²) in [6.45, 7) is 0.508. The van der Waals surface area contributed by atoms with Gasteiger partial charge in [0, 0.05) is 23.5 Å². The number of aromatic nitrogens is 6. The van der Waals surface area contributed by atoms with Crippen molar-refractivity contribution in [2.24, 2.45) is 0 Å². The molecule has 148 valence electrons. The molecule has 0 fully saturated rings. The molecule has 8 nitrogen and oxygen atoms in total. The van der Waals surface area contributed by atoms with E-state index in [4.69, 9.17) is 8.94 Å².